The van der Waals surface area contributed by atoms with Crippen LogP contribution in [0.3, 0.4) is 0 Å². The topological polar surface area (TPSA) is 109 Å². The van der Waals surface area contributed by atoms with Gasteiger partial charge in [0.25, 0.3) is 5.91 Å². The molecule has 1 unspecified atom stereocenters. The normalized spacial score (nSPS) is 15.3. The number of nitrogens with one attached hydrogen (secondary N) is 2. The zero-order chi connectivity index (χ0) is 22.0. The number of pyridine rings is 1. The number of H-pyrrole nitrogens is 1. The number of halogens is 1. The molecule has 0 saturated carbocycles. The molecule has 0 spiro atoms. The second-order valence-corrected chi connectivity index (χ2v) is 7.23. The van der Waals surface area contributed by atoms with Crippen molar-refractivity contribution in [3.63, 3.8) is 0 Å². The molecule has 2 aromatic heterocycles. The first kappa shape index (κ1) is 20.4. The van der Waals surface area contributed by atoms with Gasteiger partial charge in [0.1, 0.15) is 23.0 Å². The molecule has 3 heterocycles. The van der Waals surface area contributed by atoms with Crippen molar-refractivity contribution in [2.45, 2.75) is 32.9 Å². The molecule has 0 aliphatic carbocycles. The number of hydrogen-bond donors (Lipinski definition) is 2. The van der Waals surface area contributed by atoms with Crippen LogP contribution in [0, 0.1) is 19.7 Å². The number of rotatable bonds is 5. The van der Waals surface area contributed by atoms with Crippen LogP contribution in [0.15, 0.2) is 52.4 Å². The molecule has 1 aromatic carbocycles. The number of aryl methyl sites for hydroxylation is 2. The highest BCUT2D eigenvalue weighted by Crippen LogP contribution is 2.30. The van der Waals surface area contributed by atoms with Crippen LogP contribution in [0.1, 0.15) is 51.4 Å². The molecule has 1 amide bonds. The number of nitrogens with zero attached hydrogens (tertiary/aromatic N) is 3. The van der Waals surface area contributed by atoms with Gasteiger partial charge in [0, 0.05) is 30.3 Å². The predicted octanol–water partition coefficient (Wildman–Crippen LogP) is 2.72. The van der Waals surface area contributed by atoms with Gasteiger partial charge < -0.3 is 15.1 Å². The van der Waals surface area contributed by atoms with Crippen LogP contribution >= 0.6 is 0 Å². The first-order valence-electron chi connectivity index (χ1n) is 9.70. The summed E-state index contributed by atoms with van der Waals surface area (Å²) < 4.78 is 13.0. The number of carbonyl (C=O) groups is 1. The van der Waals surface area contributed by atoms with Gasteiger partial charge in [-0.1, -0.05) is 17.3 Å². The van der Waals surface area contributed by atoms with Gasteiger partial charge >= 0.3 is 0 Å². The highest BCUT2D eigenvalue weighted by Gasteiger charge is 2.27. The van der Waals surface area contributed by atoms with Crippen molar-refractivity contribution in [1.82, 2.24) is 20.3 Å². The van der Waals surface area contributed by atoms with Crippen LogP contribution in [0.5, 0.6) is 0 Å². The molecule has 158 valence electrons. The average Bonchev–Trinajstić information content (AvgIpc) is 3.22. The zero-order valence-electron chi connectivity index (χ0n) is 17.0. The van der Waals surface area contributed by atoms with E-state index in [0.29, 0.717) is 29.3 Å². The summed E-state index contributed by atoms with van der Waals surface area (Å²) in [7, 11) is 0. The van der Waals surface area contributed by atoms with Crippen molar-refractivity contribution in [3.05, 3.63) is 92.7 Å². The third kappa shape index (κ3) is 4.66. The largest absolute Gasteiger partial charge is 0.387 e. The van der Waals surface area contributed by atoms with E-state index in [1.807, 2.05) is 0 Å². The van der Waals surface area contributed by atoms with Crippen LogP contribution in [-0.2, 0) is 11.4 Å². The monoisotopic (exact) mass is 421 g/mol. The Balaban J connectivity index is 1.48. The SMILES string of the molecule is Cc1nc(C(=O)NCc2ccc(F)cc2)cc(C2=NOC(c3ccc(=O)[nH]c3C)C2)n1. The van der Waals surface area contributed by atoms with Crippen LogP contribution in [0.4, 0.5) is 4.39 Å². The van der Waals surface area contributed by atoms with E-state index in [-0.39, 0.29) is 35.6 Å². The summed E-state index contributed by atoms with van der Waals surface area (Å²) >= 11 is 0. The third-order valence-electron chi connectivity index (χ3n) is 4.91. The molecule has 2 N–H and O–H groups in total. The molecule has 3 aromatic rings. The van der Waals surface area contributed by atoms with Crippen molar-refractivity contribution in [2.24, 2.45) is 5.16 Å². The highest BCUT2D eigenvalue weighted by atomic mass is 19.1. The summed E-state index contributed by atoms with van der Waals surface area (Å²) in [6.45, 7) is 3.74. The maximum Gasteiger partial charge on any atom is 0.270 e. The first-order chi connectivity index (χ1) is 14.9. The van der Waals surface area contributed by atoms with Crippen molar-refractivity contribution < 1.29 is 14.0 Å². The second kappa shape index (κ2) is 8.47. The summed E-state index contributed by atoms with van der Waals surface area (Å²) in [5.74, 6) is -0.277. The summed E-state index contributed by atoms with van der Waals surface area (Å²) in [5.41, 5.74) is 3.44. The Kier molecular flexibility index (Phi) is 5.57. The number of carbonyl (C=O) groups excluding carboxylic acids is 1. The van der Waals surface area contributed by atoms with Crippen molar-refractivity contribution >= 4 is 11.6 Å². The molecule has 1 atom stereocenters. The predicted molar refractivity (Wildman–Crippen MR) is 111 cm³/mol. The quantitative estimate of drug-likeness (QED) is 0.658. The molecule has 31 heavy (non-hydrogen) atoms. The minimum atomic E-state index is -0.372. The van der Waals surface area contributed by atoms with Gasteiger partial charge in [0.15, 0.2) is 6.10 Å². The summed E-state index contributed by atoms with van der Waals surface area (Å²) in [6, 6.07) is 10.6. The van der Waals surface area contributed by atoms with E-state index < -0.39 is 0 Å². The van der Waals surface area contributed by atoms with Gasteiger partial charge in [-0.3, -0.25) is 9.59 Å². The molecular weight excluding hydrogens is 401 g/mol. The lowest BCUT2D eigenvalue weighted by molar-refractivity contribution is 0.0849. The molecule has 0 radical (unpaired) electrons. The van der Waals surface area contributed by atoms with Gasteiger partial charge in [-0.15, -0.1) is 0 Å². The fourth-order valence-electron chi connectivity index (χ4n) is 3.34. The zero-order valence-corrected chi connectivity index (χ0v) is 17.0. The first-order valence-corrected chi connectivity index (χ1v) is 9.70. The standard InChI is InChI=1S/C22H20FN5O3/c1-12-16(7-8-21(29)25-12)20-10-18(28-31-20)17-9-19(27-13(2)26-17)22(30)24-11-14-3-5-15(23)6-4-14/h3-9,20H,10-11H2,1-2H3,(H,24,30)(H,25,29). The highest BCUT2D eigenvalue weighted by molar-refractivity contribution is 6.02. The minimum Gasteiger partial charge on any atom is -0.387 e. The Hall–Kier alpha value is -3.88. The Labute approximate surface area is 177 Å². The Morgan fingerprint density at radius 3 is 2.71 bits per heavy atom. The molecule has 0 bridgehead atoms. The smallest absolute Gasteiger partial charge is 0.270 e. The van der Waals surface area contributed by atoms with Gasteiger partial charge in [-0.2, -0.15) is 0 Å². The number of aromatic amines is 1. The summed E-state index contributed by atoms with van der Waals surface area (Å²) in [6.07, 6.45) is 0.0952. The van der Waals surface area contributed by atoms with Crippen LogP contribution in [0.2, 0.25) is 0 Å². The maximum atomic E-state index is 13.0. The molecule has 8 nitrogen and oxygen atoms in total. The van der Waals surface area contributed by atoms with E-state index in [4.69, 9.17) is 4.84 Å². The van der Waals surface area contributed by atoms with E-state index in [1.165, 1.54) is 18.2 Å². The molecule has 4 rings (SSSR count). The van der Waals surface area contributed by atoms with E-state index >= 15 is 0 Å². The number of hydrogen-bond acceptors (Lipinski definition) is 6. The molecule has 9 heteroatoms. The van der Waals surface area contributed by atoms with Gasteiger partial charge in [-0.25, -0.2) is 14.4 Å². The fourth-order valence-corrected chi connectivity index (χ4v) is 3.34. The number of amides is 1. The van der Waals surface area contributed by atoms with Gasteiger partial charge in [0.2, 0.25) is 5.56 Å². The van der Waals surface area contributed by atoms with Crippen LogP contribution in [0.25, 0.3) is 0 Å². The van der Waals surface area contributed by atoms with E-state index in [1.54, 1.807) is 38.1 Å². The van der Waals surface area contributed by atoms with Crippen molar-refractivity contribution in [3.8, 4) is 0 Å². The molecule has 1 aliphatic rings. The Morgan fingerprint density at radius 1 is 1.19 bits per heavy atom. The lowest BCUT2D eigenvalue weighted by Gasteiger charge is -2.11. The lowest BCUT2D eigenvalue weighted by Crippen LogP contribution is -2.25. The summed E-state index contributed by atoms with van der Waals surface area (Å²) in [5, 5.41) is 6.91. The van der Waals surface area contributed by atoms with Crippen molar-refractivity contribution in [2.75, 3.05) is 0 Å². The van der Waals surface area contributed by atoms with E-state index in [9.17, 15) is 14.0 Å². The van der Waals surface area contributed by atoms with Gasteiger partial charge in [-0.05, 0) is 43.7 Å². The molecule has 0 fully saturated rings. The lowest BCUT2D eigenvalue weighted by atomic mass is 10.0. The number of benzene rings is 1. The maximum absolute atomic E-state index is 13.0. The molecule has 0 saturated heterocycles. The van der Waals surface area contributed by atoms with E-state index in [0.717, 1.165) is 11.1 Å². The second-order valence-electron chi connectivity index (χ2n) is 7.23. The minimum absolute atomic E-state index is 0.178. The van der Waals surface area contributed by atoms with Crippen LogP contribution in [-0.4, -0.2) is 26.6 Å². The van der Waals surface area contributed by atoms with E-state index in [2.05, 4.69) is 25.4 Å². The Morgan fingerprint density at radius 2 is 1.97 bits per heavy atom. The van der Waals surface area contributed by atoms with Crippen molar-refractivity contribution in [1.29, 1.82) is 0 Å². The molecule has 1 aliphatic heterocycles. The van der Waals surface area contributed by atoms with Crippen LogP contribution < -0.4 is 10.9 Å². The summed E-state index contributed by atoms with van der Waals surface area (Å²) in [4.78, 5) is 40.9. The third-order valence-corrected chi connectivity index (χ3v) is 4.91. The Bertz CT molecular complexity index is 1220. The fraction of sp³-hybridized carbons (Fsp3) is 0.227. The number of aromatic nitrogens is 3. The average molecular weight is 421 g/mol. The van der Waals surface area contributed by atoms with Gasteiger partial charge in [0.05, 0.1) is 5.69 Å². The number of oxime groups is 1. The molecular formula is C22H20FN5O3.